The molecule has 0 fully saturated rings. The molecule has 0 bridgehead atoms. The van der Waals surface area contributed by atoms with Crippen LogP contribution in [0.1, 0.15) is 38.7 Å². The number of aliphatic carboxylic acids is 1. The fourth-order valence-corrected chi connectivity index (χ4v) is 1.90. The first-order valence-corrected chi connectivity index (χ1v) is 6.99. The number of halogens is 1. The molecule has 0 saturated heterocycles. The average molecular weight is 314 g/mol. The normalized spacial score (nSPS) is 12.6. The first-order chi connectivity index (χ1) is 9.67. The summed E-state index contributed by atoms with van der Waals surface area (Å²) in [5, 5.41) is 12.2. The molecule has 5 nitrogen and oxygen atoms in total. The molecule has 1 amide bonds. The van der Waals surface area contributed by atoms with Crippen LogP contribution in [0, 0.1) is 0 Å². The third-order valence-electron chi connectivity index (χ3n) is 2.65. The maximum absolute atomic E-state index is 11.6. The number of rotatable bonds is 5. The van der Waals surface area contributed by atoms with E-state index in [4.69, 9.17) is 21.4 Å². The molecule has 0 radical (unpaired) electrons. The Balaban J connectivity index is 2.69. The zero-order chi connectivity index (χ0) is 16.0. The van der Waals surface area contributed by atoms with Gasteiger partial charge >= 0.3 is 12.1 Å². The maximum atomic E-state index is 11.6. The lowest BCUT2D eigenvalue weighted by molar-refractivity contribution is -0.137. The van der Waals surface area contributed by atoms with Crippen LogP contribution in [0.3, 0.4) is 0 Å². The van der Waals surface area contributed by atoms with E-state index in [1.54, 1.807) is 45.0 Å². The summed E-state index contributed by atoms with van der Waals surface area (Å²) in [7, 11) is 0. The van der Waals surface area contributed by atoms with Crippen molar-refractivity contribution in [2.45, 2.75) is 38.7 Å². The van der Waals surface area contributed by atoms with Crippen LogP contribution in [0.5, 0.6) is 0 Å². The minimum atomic E-state index is -0.930. The molecule has 0 aliphatic heterocycles. The number of carbonyl (C=O) groups excluding carboxylic acids is 1. The third kappa shape index (κ3) is 6.99. The lowest BCUT2D eigenvalue weighted by Crippen LogP contribution is -2.35. The maximum Gasteiger partial charge on any atom is 0.407 e. The van der Waals surface area contributed by atoms with E-state index in [1.807, 2.05) is 0 Å². The van der Waals surface area contributed by atoms with Crippen LogP contribution in [0.25, 0.3) is 0 Å². The van der Waals surface area contributed by atoms with Gasteiger partial charge in [0.2, 0.25) is 0 Å². The minimum Gasteiger partial charge on any atom is -0.481 e. The van der Waals surface area contributed by atoms with E-state index in [1.165, 1.54) is 0 Å². The van der Waals surface area contributed by atoms with Gasteiger partial charge in [-0.3, -0.25) is 4.79 Å². The second-order valence-electron chi connectivity index (χ2n) is 5.73. The Morgan fingerprint density at radius 1 is 1.29 bits per heavy atom. The monoisotopic (exact) mass is 313 g/mol. The number of carboxylic acids is 1. The molecule has 0 aromatic heterocycles. The Hall–Kier alpha value is -1.75. The van der Waals surface area contributed by atoms with Gasteiger partial charge in [0.05, 0.1) is 6.42 Å². The standard InChI is InChI=1S/C15H20ClNO4/c1-15(2,3)21-14(20)17-9-11(8-13(18)19)10-4-6-12(16)7-5-10/h4-7,11H,8-9H2,1-3H3,(H,17,20)(H,18,19)/t11-/m0/s1. The van der Waals surface area contributed by atoms with Gasteiger partial charge in [-0.1, -0.05) is 23.7 Å². The highest BCUT2D eigenvalue weighted by atomic mass is 35.5. The van der Waals surface area contributed by atoms with Gasteiger partial charge in [0.1, 0.15) is 5.60 Å². The van der Waals surface area contributed by atoms with Crippen LogP contribution in [-0.2, 0) is 9.53 Å². The zero-order valence-electron chi connectivity index (χ0n) is 12.4. The van der Waals surface area contributed by atoms with E-state index in [2.05, 4.69) is 5.32 Å². The lowest BCUT2D eigenvalue weighted by Gasteiger charge is -2.21. The second-order valence-corrected chi connectivity index (χ2v) is 6.17. The molecule has 1 aromatic carbocycles. The predicted octanol–water partition coefficient (Wildman–Crippen LogP) is 3.42. The van der Waals surface area contributed by atoms with Crippen LogP contribution in [-0.4, -0.2) is 29.3 Å². The van der Waals surface area contributed by atoms with Crippen molar-refractivity contribution in [2.24, 2.45) is 0 Å². The second kappa shape index (κ2) is 7.31. The van der Waals surface area contributed by atoms with Crippen LogP contribution < -0.4 is 5.32 Å². The average Bonchev–Trinajstić information content (AvgIpc) is 2.33. The SMILES string of the molecule is CC(C)(C)OC(=O)NC[C@H](CC(=O)O)c1ccc(Cl)cc1. The van der Waals surface area contributed by atoms with E-state index >= 15 is 0 Å². The molecule has 0 aliphatic carbocycles. The molecule has 0 aliphatic rings. The number of nitrogens with one attached hydrogen (secondary N) is 1. The molecule has 116 valence electrons. The summed E-state index contributed by atoms with van der Waals surface area (Å²) in [6.07, 6.45) is -0.649. The van der Waals surface area contributed by atoms with Crippen molar-refractivity contribution in [3.63, 3.8) is 0 Å². The fraction of sp³-hybridized carbons (Fsp3) is 0.467. The topological polar surface area (TPSA) is 75.6 Å². The van der Waals surface area contributed by atoms with Crippen LogP contribution in [0.2, 0.25) is 5.02 Å². The molecule has 0 saturated carbocycles. The Morgan fingerprint density at radius 2 is 1.86 bits per heavy atom. The summed E-state index contributed by atoms with van der Waals surface area (Å²) in [4.78, 5) is 22.6. The van der Waals surface area contributed by atoms with Gasteiger partial charge < -0.3 is 15.2 Å². The van der Waals surface area contributed by atoms with Gasteiger partial charge in [-0.05, 0) is 38.5 Å². The van der Waals surface area contributed by atoms with Crippen LogP contribution >= 0.6 is 11.6 Å². The smallest absolute Gasteiger partial charge is 0.407 e. The highest BCUT2D eigenvalue weighted by molar-refractivity contribution is 6.30. The largest absolute Gasteiger partial charge is 0.481 e. The Labute approximate surface area is 129 Å². The molecule has 0 heterocycles. The number of carbonyl (C=O) groups is 2. The third-order valence-corrected chi connectivity index (χ3v) is 2.91. The summed E-state index contributed by atoms with van der Waals surface area (Å²) in [6, 6.07) is 6.90. The number of hydrogen-bond donors (Lipinski definition) is 2. The molecular weight excluding hydrogens is 294 g/mol. The molecule has 0 unspecified atom stereocenters. The molecule has 0 spiro atoms. The molecular formula is C15H20ClNO4. The molecule has 21 heavy (non-hydrogen) atoms. The number of alkyl carbamates (subject to hydrolysis) is 1. The van der Waals surface area contributed by atoms with Gasteiger partial charge in [0.15, 0.2) is 0 Å². The van der Waals surface area contributed by atoms with Crippen molar-refractivity contribution < 1.29 is 19.4 Å². The number of hydrogen-bond acceptors (Lipinski definition) is 3. The van der Waals surface area contributed by atoms with Crippen molar-refractivity contribution >= 4 is 23.7 Å². The Kier molecular flexibility index (Phi) is 6.03. The molecule has 1 rings (SSSR count). The summed E-state index contributed by atoms with van der Waals surface area (Å²) in [5.74, 6) is -1.27. The number of carboxylic acid groups (broad SMARTS) is 1. The van der Waals surface area contributed by atoms with Crippen LogP contribution in [0.4, 0.5) is 4.79 Å². The summed E-state index contributed by atoms with van der Waals surface area (Å²) in [5.41, 5.74) is 0.213. The van der Waals surface area contributed by atoms with Gasteiger partial charge in [-0.15, -0.1) is 0 Å². The highest BCUT2D eigenvalue weighted by Crippen LogP contribution is 2.21. The van der Waals surface area contributed by atoms with Crippen molar-refractivity contribution in [1.82, 2.24) is 5.32 Å². The molecule has 6 heteroatoms. The van der Waals surface area contributed by atoms with Crippen molar-refractivity contribution in [3.05, 3.63) is 34.9 Å². The summed E-state index contributed by atoms with van der Waals surface area (Å²) < 4.78 is 5.13. The fourth-order valence-electron chi connectivity index (χ4n) is 1.77. The van der Waals surface area contributed by atoms with Gasteiger partial charge in [-0.25, -0.2) is 4.79 Å². The molecule has 2 N–H and O–H groups in total. The highest BCUT2D eigenvalue weighted by Gasteiger charge is 2.20. The molecule has 1 aromatic rings. The van der Waals surface area contributed by atoms with Crippen molar-refractivity contribution in [3.8, 4) is 0 Å². The number of amides is 1. The van der Waals surface area contributed by atoms with Crippen molar-refractivity contribution in [2.75, 3.05) is 6.54 Å². The van der Waals surface area contributed by atoms with Gasteiger partial charge in [0, 0.05) is 17.5 Å². The zero-order valence-corrected chi connectivity index (χ0v) is 13.1. The Morgan fingerprint density at radius 3 is 2.33 bits per heavy atom. The summed E-state index contributed by atoms with van der Waals surface area (Å²) in [6.45, 7) is 5.48. The van der Waals surface area contributed by atoms with E-state index in [0.717, 1.165) is 5.56 Å². The van der Waals surface area contributed by atoms with Gasteiger partial charge in [0.25, 0.3) is 0 Å². The summed E-state index contributed by atoms with van der Waals surface area (Å²) >= 11 is 5.82. The van der Waals surface area contributed by atoms with Crippen molar-refractivity contribution in [1.29, 1.82) is 0 Å². The Bertz CT molecular complexity index is 493. The molecule has 1 atom stereocenters. The quantitative estimate of drug-likeness (QED) is 0.873. The van der Waals surface area contributed by atoms with Gasteiger partial charge in [-0.2, -0.15) is 0 Å². The lowest BCUT2D eigenvalue weighted by atomic mass is 9.96. The van der Waals surface area contributed by atoms with Crippen LogP contribution in [0.15, 0.2) is 24.3 Å². The van der Waals surface area contributed by atoms with E-state index in [-0.39, 0.29) is 18.9 Å². The number of ether oxygens (including phenoxy) is 1. The van der Waals surface area contributed by atoms with E-state index < -0.39 is 17.7 Å². The minimum absolute atomic E-state index is 0.0859. The first kappa shape index (κ1) is 17.3. The van der Waals surface area contributed by atoms with E-state index in [0.29, 0.717) is 5.02 Å². The van der Waals surface area contributed by atoms with E-state index in [9.17, 15) is 9.59 Å². The predicted molar refractivity (Wildman–Crippen MR) is 80.7 cm³/mol. The first-order valence-electron chi connectivity index (χ1n) is 6.61. The number of benzene rings is 1.